The summed E-state index contributed by atoms with van der Waals surface area (Å²) in [5.41, 5.74) is 2.34. The molecule has 5 heteroatoms. The highest BCUT2D eigenvalue weighted by Gasteiger charge is 2.19. The molecule has 1 aliphatic heterocycles. The first-order valence-electron chi connectivity index (χ1n) is 8.26. The fourth-order valence-corrected chi connectivity index (χ4v) is 3.34. The maximum atomic E-state index is 5.80. The number of hydrogen-bond donors (Lipinski definition) is 0. The Hall–Kier alpha value is -0.910. The van der Waals surface area contributed by atoms with Crippen molar-refractivity contribution >= 4 is 0 Å². The summed E-state index contributed by atoms with van der Waals surface area (Å²) in [6.45, 7) is 8.31. The molecular weight excluding hydrogens is 266 g/mol. The third-order valence-electron chi connectivity index (χ3n) is 4.55. The van der Waals surface area contributed by atoms with E-state index in [0.29, 0.717) is 12.6 Å². The predicted octanol–water partition coefficient (Wildman–Crippen LogP) is 2.16. The lowest BCUT2D eigenvalue weighted by atomic mass is 10.2. The molecule has 0 amide bonds. The zero-order valence-electron chi connectivity index (χ0n) is 13.1. The van der Waals surface area contributed by atoms with Crippen LogP contribution < -0.4 is 0 Å². The maximum Gasteiger partial charge on any atom is 0.0907 e. The van der Waals surface area contributed by atoms with Gasteiger partial charge < -0.3 is 9.47 Å². The molecule has 0 spiro atoms. The van der Waals surface area contributed by atoms with Crippen molar-refractivity contribution in [2.24, 2.45) is 0 Å². The van der Waals surface area contributed by atoms with Crippen LogP contribution >= 0.6 is 0 Å². The van der Waals surface area contributed by atoms with E-state index in [1.54, 1.807) is 0 Å². The molecule has 1 saturated carbocycles. The van der Waals surface area contributed by atoms with Crippen molar-refractivity contribution < 1.29 is 9.47 Å². The standard InChI is InChI=1S/C16H27N3O2/c1-14-12-15(17-19(14)16-4-2-3-5-16)13-21-11-8-18-6-9-20-10-7-18/h12,16H,2-11,13H2,1H3. The van der Waals surface area contributed by atoms with Gasteiger partial charge in [-0.05, 0) is 25.8 Å². The van der Waals surface area contributed by atoms with E-state index in [-0.39, 0.29) is 0 Å². The molecule has 3 rings (SSSR count). The minimum absolute atomic E-state index is 0.618. The molecule has 0 aromatic carbocycles. The SMILES string of the molecule is Cc1cc(COCCN2CCOCC2)nn1C1CCCC1. The van der Waals surface area contributed by atoms with Crippen LogP contribution in [-0.4, -0.2) is 54.1 Å². The maximum absolute atomic E-state index is 5.80. The lowest BCUT2D eigenvalue weighted by Gasteiger charge is -2.26. The van der Waals surface area contributed by atoms with Crippen molar-refractivity contribution in [2.45, 2.75) is 45.3 Å². The van der Waals surface area contributed by atoms with E-state index in [1.807, 2.05) is 0 Å². The van der Waals surface area contributed by atoms with Gasteiger partial charge in [-0.3, -0.25) is 9.58 Å². The Bertz CT molecular complexity index is 435. The van der Waals surface area contributed by atoms with Gasteiger partial charge in [0.25, 0.3) is 0 Å². The average Bonchev–Trinajstić information content (AvgIpc) is 3.14. The molecule has 1 aromatic heterocycles. The average molecular weight is 293 g/mol. The number of aromatic nitrogens is 2. The van der Waals surface area contributed by atoms with E-state index in [0.717, 1.165) is 45.1 Å². The lowest BCUT2D eigenvalue weighted by Crippen LogP contribution is -2.38. The molecule has 0 unspecified atom stereocenters. The summed E-state index contributed by atoms with van der Waals surface area (Å²) in [6.07, 6.45) is 5.24. The molecule has 1 aliphatic carbocycles. The number of rotatable bonds is 6. The third kappa shape index (κ3) is 4.05. The van der Waals surface area contributed by atoms with Crippen molar-refractivity contribution in [3.05, 3.63) is 17.5 Å². The van der Waals surface area contributed by atoms with Gasteiger partial charge in [0.1, 0.15) is 0 Å². The van der Waals surface area contributed by atoms with Gasteiger partial charge in [-0.15, -0.1) is 0 Å². The second kappa shape index (κ2) is 7.38. The van der Waals surface area contributed by atoms with E-state index in [4.69, 9.17) is 14.6 Å². The first-order chi connectivity index (χ1) is 10.3. The molecule has 0 atom stereocenters. The highest BCUT2D eigenvalue weighted by Crippen LogP contribution is 2.30. The molecule has 0 N–H and O–H groups in total. The van der Waals surface area contributed by atoms with Crippen LogP contribution in [0, 0.1) is 6.92 Å². The van der Waals surface area contributed by atoms with E-state index in [1.165, 1.54) is 31.4 Å². The largest absolute Gasteiger partial charge is 0.379 e. The number of morpholine rings is 1. The molecular formula is C16H27N3O2. The number of aryl methyl sites for hydroxylation is 1. The summed E-state index contributed by atoms with van der Waals surface area (Å²) in [5, 5.41) is 4.73. The second-order valence-corrected chi connectivity index (χ2v) is 6.17. The molecule has 0 radical (unpaired) electrons. The van der Waals surface area contributed by atoms with Crippen LogP contribution in [0.2, 0.25) is 0 Å². The predicted molar refractivity (Wildman–Crippen MR) is 81.4 cm³/mol. The van der Waals surface area contributed by atoms with Crippen molar-refractivity contribution in [2.75, 3.05) is 39.5 Å². The fourth-order valence-electron chi connectivity index (χ4n) is 3.34. The monoisotopic (exact) mass is 293 g/mol. The van der Waals surface area contributed by atoms with E-state index in [2.05, 4.69) is 22.6 Å². The highest BCUT2D eigenvalue weighted by molar-refractivity contribution is 5.09. The first kappa shape index (κ1) is 15.0. The number of ether oxygens (including phenoxy) is 2. The summed E-state index contributed by atoms with van der Waals surface area (Å²) in [4.78, 5) is 2.39. The molecule has 2 fully saturated rings. The van der Waals surface area contributed by atoms with E-state index in [9.17, 15) is 0 Å². The summed E-state index contributed by atoms with van der Waals surface area (Å²) < 4.78 is 13.4. The van der Waals surface area contributed by atoms with Gasteiger partial charge in [0, 0.05) is 25.3 Å². The molecule has 1 aromatic rings. The van der Waals surface area contributed by atoms with E-state index >= 15 is 0 Å². The van der Waals surface area contributed by atoms with E-state index < -0.39 is 0 Å². The van der Waals surface area contributed by atoms with Crippen molar-refractivity contribution in [3.8, 4) is 0 Å². The lowest BCUT2D eigenvalue weighted by molar-refractivity contribution is 0.0176. The highest BCUT2D eigenvalue weighted by atomic mass is 16.5. The summed E-state index contributed by atoms with van der Waals surface area (Å²) >= 11 is 0. The Kier molecular flexibility index (Phi) is 5.27. The molecule has 2 aliphatic rings. The van der Waals surface area contributed by atoms with Crippen LogP contribution in [0.5, 0.6) is 0 Å². The molecule has 2 heterocycles. The number of hydrogen-bond acceptors (Lipinski definition) is 4. The summed E-state index contributed by atoms with van der Waals surface area (Å²) in [7, 11) is 0. The van der Waals surface area contributed by atoms with Gasteiger partial charge in [0.2, 0.25) is 0 Å². The third-order valence-corrected chi connectivity index (χ3v) is 4.55. The molecule has 21 heavy (non-hydrogen) atoms. The minimum atomic E-state index is 0.618. The van der Waals surface area contributed by atoms with Gasteiger partial charge in [0.15, 0.2) is 0 Å². The van der Waals surface area contributed by atoms with Crippen LogP contribution in [0.25, 0.3) is 0 Å². The van der Waals surface area contributed by atoms with Crippen LogP contribution in [0.1, 0.15) is 43.1 Å². The van der Waals surface area contributed by atoms with Gasteiger partial charge in [0.05, 0.1) is 38.2 Å². The summed E-state index contributed by atoms with van der Waals surface area (Å²) in [5.74, 6) is 0. The minimum Gasteiger partial charge on any atom is -0.379 e. The van der Waals surface area contributed by atoms with Gasteiger partial charge >= 0.3 is 0 Å². The van der Waals surface area contributed by atoms with Crippen molar-refractivity contribution in [1.29, 1.82) is 0 Å². The Morgan fingerprint density at radius 1 is 1.29 bits per heavy atom. The van der Waals surface area contributed by atoms with Crippen LogP contribution in [0.3, 0.4) is 0 Å². The molecule has 118 valence electrons. The molecule has 5 nitrogen and oxygen atoms in total. The Labute approximate surface area is 127 Å². The topological polar surface area (TPSA) is 39.5 Å². The molecule has 0 bridgehead atoms. The smallest absolute Gasteiger partial charge is 0.0907 e. The van der Waals surface area contributed by atoms with Crippen LogP contribution in [0.15, 0.2) is 6.07 Å². The Morgan fingerprint density at radius 3 is 2.81 bits per heavy atom. The van der Waals surface area contributed by atoms with Gasteiger partial charge in [-0.25, -0.2) is 0 Å². The van der Waals surface area contributed by atoms with Gasteiger partial charge in [-0.1, -0.05) is 12.8 Å². The quantitative estimate of drug-likeness (QED) is 0.754. The Morgan fingerprint density at radius 2 is 2.05 bits per heavy atom. The first-order valence-corrected chi connectivity index (χ1v) is 8.26. The second-order valence-electron chi connectivity index (χ2n) is 6.17. The van der Waals surface area contributed by atoms with Crippen LogP contribution in [-0.2, 0) is 16.1 Å². The normalized spacial score (nSPS) is 21.2. The number of nitrogens with zero attached hydrogens (tertiary/aromatic N) is 3. The zero-order valence-corrected chi connectivity index (χ0v) is 13.1. The van der Waals surface area contributed by atoms with Crippen molar-refractivity contribution in [1.82, 2.24) is 14.7 Å². The van der Waals surface area contributed by atoms with Gasteiger partial charge in [-0.2, -0.15) is 5.10 Å². The summed E-state index contributed by atoms with van der Waals surface area (Å²) in [6, 6.07) is 2.79. The van der Waals surface area contributed by atoms with Crippen molar-refractivity contribution in [3.63, 3.8) is 0 Å². The Balaban J connectivity index is 1.41. The molecule has 1 saturated heterocycles. The zero-order chi connectivity index (χ0) is 14.5. The van der Waals surface area contributed by atoms with Crippen LogP contribution in [0.4, 0.5) is 0 Å². The fraction of sp³-hybridized carbons (Fsp3) is 0.812.